The number of carbonyl (C=O) groups is 1. The fourth-order valence-electron chi connectivity index (χ4n) is 2.65. The van der Waals surface area contributed by atoms with Gasteiger partial charge in [-0.3, -0.25) is 4.79 Å². The Morgan fingerprint density at radius 1 is 1.45 bits per heavy atom. The number of thioether (sulfide) groups is 1. The third-order valence-electron chi connectivity index (χ3n) is 3.81. The highest BCUT2D eigenvalue weighted by Gasteiger charge is 2.34. The van der Waals surface area contributed by atoms with E-state index in [2.05, 4.69) is 26.5 Å². The lowest BCUT2D eigenvalue weighted by atomic mass is 10.0. The van der Waals surface area contributed by atoms with Gasteiger partial charge in [0.05, 0.1) is 5.75 Å². The molecule has 0 unspecified atom stereocenters. The van der Waals surface area contributed by atoms with Crippen molar-refractivity contribution in [2.45, 2.75) is 55.8 Å². The topological polar surface area (TPSA) is 58.1 Å². The van der Waals surface area contributed by atoms with Crippen LogP contribution in [0.3, 0.4) is 0 Å². The first-order valence-corrected chi connectivity index (χ1v) is 9.79. The van der Waals surface area contributed by atoms with Crippen molar-refractivity contribution < 1.29 is 4.79 Å². The lowest BCUT2D eigenvalue weighted by Crippen LogP contribution is -2.34. The highest BCUT2D eigenvalue weighted by molar-refractivity contribution is 8.01. The van der Waals surface area contributed by atoms with Crippen LogP contribution in [0.4, 0.5) is 5.13 Å². The Hall–Kier alpha value is -1.08. The molecule has 2 aliphatic rings. The van der Waals surface area contributed by atoms with E-state index in [9.17, 15) is 4.79 Å². The molecule has 5 nitrogen and oxygen atoms in total. The SMILES string of the molecule is CCNc1nnc(SCC(=O)N(C2=CCCCC2)C2CC2)s1. The minimum atomic E-state index is 0.223. The van der Waals surface area contributed by atoms with Crippen molar-refractivity contribution in [2.24, 2.45) is 0 Å². The lowest BCUT2D eigenvalue weighted by molar-refractivity contribution is -0.127. The number of rotatable bonds is 7. The quantitative estimate of drug-likeness (QED) is 0.771. The van der Waals surface area contributed by atoms with Gasteiger partial charge in [0, 0.05) is 18.3 Å². The molecule has 2 aliphatic carbocycles. The Balaban J connectivity index is 1.58. The third-order valence-corrected chi connectivity index (χ3v) is 5.81. The van der Waals surface area contributed by atoms with Crippen molar-refractivity contribution in [3.05, 3.63) is 11.8 Å². The molecule has 0 aliphatic heterocycles. The Morgan fingerprint density at radius 2 is 2.32 bits per heavy atom. The second-order valence-corrected chi connectivity index (χ2v) is 7.83. The van der Waals surface area contributed by atoms with E-state index >= 15 is 0 Å². The van der Waals surface area contributed by atoms with Crippen LogP contribution in [-0.4, -0.2) is 39.3 Å². The summed E-state index contributed by atoms with van der Waals surface area (Å²) in [6, 6.07) is 0.448. The monoisotopic (exact) mass is 338 g/mol. The largest absolute Gasteiger partial charge is 0.360 e. The Bertz CT molecular complexity index is 553. The number of allylic oxidation sites excluding steroid dienone is 2. The van der Waals surface area contributed by atoms with E-state index in [0.29, 0.717) is 11.8 Å². The summed E-state index contributed by atoms with van der Waals surface area (Å²) < 4.78 is 0.859. The van der Waals surface area contributed by atoms with Crippen LogP contribution in [0.15, 0.2) is 16.1 Å². The van der Waals surface area contributed by atoms with E-state index in [-0.39, 0.29) is 5.91 Å². The number of aromatic nitrogens is 2. The van der Waals surface area contributed by atoms with Crippen LogP contribution in [0.5, 0.6) is 0 Å². The molecule has 0 bridgehead atoms. The molecule has 120 valence electrons. The molecule has 1 aromatic rings. The normalized spacial score (nSPS) is 18.0. The highest BCUT2D eigenvalue weighted by atomic mass is 32.2. The molecule has 0 saturated heterocycles. The molecule has 22 heavy (non-hydrogen) atoms. The van der Waals surface area contributed by atoms with Crippen LogP contribution in [0.25, 0.3) is 0 Å². The van der Waals surface area contributed by atoms with Crippen molar-refractivity contribution >= 4 is 34.1 Å². The fraction of sp³-hybridized carbons (Fsp3) is 0.667. The molecule has 3 rings (SSSR count). The number of nitrogens with zero attached hydrogens (tertiary/aromatic N) is 3. The first-order chi connectivity index (χ1) is 10.8. The van der Waals surface area contributed by atoms with Gasteiger partial charge < -0.3 is 10.2 Å². The molecule has 1 fully saturated rings. The average molecular weight is 339 g/mol. The predicted molar refractivity (Wildman–Crippen MR) is 91.2 cm³/mol. The van der Waals surface area contributed by atoms with Gasteiger partial charge >= 0.3 is 0 Å². The molecule has 0 spiro atoms. The smallest absolute Gasteiger partial charge is 0.237 e. The second kappa shape index (κ2) is 7.46. The number of hydrogen-bond acceptors (Lipinski definition) is 6. The molecular formula is C15H22N4OS2. The fourth-order valence-corrected chi connectivity index (χ4v) is 4.33. The van der Waals surface area contributed by atoms with E-state index < -0.39 is 0 Å². The summed E-state index contributed by atoms with van der Waals surface area (Å²) in [6.45, 7) is 2.87. The van der Waals surface area contributed by atoms with E-state index in [1.807, 2.05) is 6.92 Å². The van der Waals surface area contributed by atoms with Crippen molar-refractivity contribution in [3.63, 3.8) is 0 Å². The van der Waals surface area contributed by atoms with Gasteiger partial charge in [0.25, 0.3) is 0 Å². The average Bonchev–Trinajstić information content (AvgIpc) is 3.26. The van der Waals surface area contributed by atoms with Crippen LogP contribution in [0.2, 0.25) is 0 Å². The van der Waals surface area contributed by atoms with Gasteiger partial charge in [-0.05, 0) is 45.4 Å². The van der Waals surface area contributed by atoms with Gasteiger partial charge in [0.1, 0.15) is 0 Å². The molecule has 1 heterocycles. The second-order valence-electron chi connectivity index (χ2n) is 5.63. The summed E-state index contributed by atoms with van der Waals surface area (Å²) in [4.78, 5) is 14.7. The molecule has 1 aromatic heterocycles. The molecule has 1 amide bonds. The van der Waals surface area contributed by atoms with Crippen molar-refractivity contribution in [2.75, 3.05) is 17.6 Å². The maximum Gasteiger partial charge on any atom is 0.237 e. The first-order valence-electron chi connectivity index (χ1n) is 7.99. The van der Waals surface area contributed by atoms with Crippen molar-refractivity contribution in [1.82, 2.24) is 15.1 Å². The Kier molecular flexibility index (Phi) is 5.36. The molecule has 1 saturated carbocycles. The zero-order valence-electron chi connectivity index (χ0n) is 12.9. The zero-order valence-corrected chi connectivity index (χ0v) is 14.5. The van der Waals surface area contributed by atoms with Crippen molar-refractivity contribution in [3.8, 4) is 0 Å². The molecule has 7 heteroatoms. The number of nitrogens with one attached hydrogen (secondary N) is 1. The summed E-state index contributed by atoms with van der Waals surface area (Å²) in [6.07, 6.45) is 9.19. The number of amides is 1. The van der Waals surface area contributed by atoms with Crippen LogP contribution < -0.4 is 5.32 Å². The molecule has 0 radical (unpaired) electrons. The maximum absolute atomic E-state index is 12.6. The van der Waals surface area contributed by atoms with Gasteiger partial charge in [0.2, 0.25) is 11.0 Å². The minimum absolute atomic E-state index is 0.223. The van der Waals surface area contributed by atoms with Crippen LogP contribution in [0, 0.1) is 0 Å². The Labute approximate surface area is 139 Å². The van der Waals surface area contributed by atoms with E-state index in [0.717, 1.165) is 41.7 Å². The van der Waals surface area contributed by atoms with Gasteiger partial charge in [-0.1, -0.05) is 29.2 Å². The number of anilines is 1. The van der Waals surface area contributed by atoms with Crippen LogP contribution >= 0.6 is 23.1 Å². The lowest BCUT2D eigenvalue weighted by Gasteiger charge is -2.27. The zero-order chi connectivity index (χ0) is 15.4. The molecular weight excluding hydrogens is 316 g/mol. The van der Waals surface area contributed by atoms with Gasteiger partial charge in [0.15, 0.2) is 4.34 Å². The molecule has 0 atom stereocenters. The summed E-state index contributed by atoms with van der Waals surface area (Å²) in [7, 11) is 0. The van der Waals surface area contributed by atoms with Gasteiger partial charge in [-0.15, -0.1) is 10.2 Å². The Morgan fingerprint density at radius 3 is 3.00 bits per heavy atom. The van der Waals surface area contributed by atoms with Crippen molar-refractivity contribution in [1.29, 1.82) is 0 Å². The number of hydrogen-bond donors (Lipinski definition) is 1. The van der Waals surface area contributed by atoms with Gasteiger partial charge in [-0.25, -0.2) is 0 Å². The highest BCUT2D eigenvalue weighted by Crippen LogP contribution is 2.35. The van der Waals surface area contributed by atoms with E-state index in [1.54, 1.807) is 0 Å². The summed E-state index contributed by atoms with van der Waals surface area (Å²) in [5.74, 6) is 0.676. The molecule has 1 N–H and O–H groups in total. The molecule has 0 aromatic carbocycles. The standard InChI is InChI=1S/C15H22N4OS2/c1-2-16-14-17-18-15(22-14)21-10-13(20)19(12-8-9-12)11-6-4-3-5-7-11/h6,12H,2-5,7-10H2,1H3,(H,16,17). The van der Waals surface area contributed by atoms with E-state index in [4.69, 9.17) is 0 Å². The first kappa shape index (κ1) is 15.8. The van der Waals surface area contributed by atoms with Gasteiger partial charge in [-0.2, -0.15) is 0 Å². The summed E-state index contributed by atoms with van der Waals surface area (Å²) >= 11 is 3.01. The summed E-state index contributed by atoms with van der Waals surface area (Å²) in [5.41, 5.74) is 1.25. The minimum Gasteiger partial charge on any atom is -0.360 e. The van der Waals surface area contributed by atoms with Crippen LogP contribution in [0.1, 0.15) is 45.4 Å². The van der Waals surface area contributed by atoms with E-state index in [1.165, 1.54) is 41.6 Å². The summed E-state index contributed by atoms with van der Waals surface area (Å²) in [5, 5.41) is 12.2. The maximum atomic E-state index is 12.6. The van der Waals surface area contributed by atoms with Crippen LogP contribution in [-0.2, 0) is 4.79 Å². The third kappa shape index (κ3) is 4.01. The predicted octanol–water partition coefficient (Wildman–Crippen LogP) is 3.51. The number of carbonyl (C=O) groups excluding carboxylic acids is 1.